The Bertz CT molecular complexity index is 504. The van der Waals surface area contributed by atoms with E-state index in [2.05, 4.69) is 17.4 Å². The van der Waals surface area contributed by atoms with E-state index in [0.29, 0.717) is 0 Å². The van der Waals surface area contributed by atoms with Gasteiger partial charge in [0, 0.05) is 22.9 Å². The van der Waals surface area contributed by atoms with Crippen molar-refractivity contribution >= 4 is 29.1 Å². The standard InChI is InChI=1S/C14H13ClFNS/c15-13-7-6-11(10-14(13)16)17-8-9-18-12-4-2-1-3-5-12/h1-7,10,17H,8-9H2. The molecule has 2 rings (SSSR count). The molecule has 0 bridgehead atoms. The van der Waals surface area contributed by atoms with E-state index in [4.69, 9.17) is 11.6 Å². The molecule has 0 atom stereocenters. The second-order valence-electron chi connectivity index (χ2n) is 3.72. The molecule has 1 N–H and O–H groups in total. The first-order chi connectivity index (χ1) is 8.75. The van der Waals surface area contributed by atoms with Crippen LogP contribution in [0.1, 0.15) is 0 Å². The lowest BCUT2D eigenvalue weighted by molar-refractivity contribution is 0.628. The molecule has 0 heterocycles. The summed E-state index contributed by atoms with van der Waals surface area (Å²) in [6, 6.07) is 14.9. The first kappa shape index (κ1) is 13.2. The second-order valence-corrected chi connectivity index (χ2v) is 5.29. The molecule has 0 aromatic heterocycles. The van der Waals surface area contributed by atoms with Gasteiger partial charge in [0.05, 0.1) is 5.02 Å². The second kappa shape index (κ2) is 6.66. The van der Waals surface area contributed by atoms with E-state index >= 15 is 0 Å². The number of halogens is 2. The Labute approximate surface area is 115 Å². The molecule has 0 aliphatic heterocycles. The molecule has 0 spiro atoms. The van der Waals surface area contributed by atoms with E-state index < -0.39 is 5.82 Å². The van der Waals surface area contributed by atoms with Crippen molar-refractivity contribution in [2.45, 2.75) is 4.90 Å². The maximum atomic E-state index is 13.2. The number of rotatable bonds is 5. The van der Waals surface area contributed by atoms with E-state index in [9.17, 15) is 4.39 Å². The van der Waals surface area contributed by atoms with Gasteiger partial charge in [0.1, 0.15) is 5.82 Å². The van der Waals surface area contributed by atoms with Gasteiger partial charge >= 0.3 is 0 Å². The molecule has 4 heteroatoms. The fourth-order valence-corrected chi connectivity index (χ4v) is 2.39. The van der Waals surface area contributed by atoms with Crippen LogP contribution in [0.5, 0.6) is 0 Å². The normalized spacial score (nSPS) is 10.3. The molecule has 0 fully saturated rings. The Hall–Kier alpha value is -1.19. The maximum absolute atomic E-state index is 13.2. The summed E-state index contributed by atoms with van der Waals surface area (Å²) in [5, 5.41) is 3.32. The minimum atomic E-state index is -0.391. The summed E-state index contributed by atoms with van der Waals surface area (Å²) in [6.45, 7) is 0.778. The minimum Gasteiger partial charge on any atom is -0.384 e. The highest BCUT2D eigenvalue weighted by Crippen LogP contribution is 2.20. The molecule has 2 aromatic carbocycles. The fraction of sp³-hybridized carbons (Fsp3) is 0.143. The van der Waals surface area contributed by atoms with Crippen LogP contribution in [0.25, 0.3) is 0 Å². The number of hydrogen-bond acceptors (Lipinski definition) is 2. The summed E-state index contributed by atoms with van der Waals surface area (Å²) in [5.41, 5.74) is 0.755. The molecule has 0 unspecified atom stereocenters. The zero-order valence-corrected chi connectivity index (χ0v) is 11.3. The molecule has 94 valence electrons. The van der Waals surface area contributed by atoms with Gasteiger partial charge in [-0.1, -0.05) is 29.8 Å². The van der Waals surface area contributed by atoms with Crippen molar-refractivity contribution in [2.24, 2.45) is 0 Å². The van der Waals surface area contributed by atoms with E-state index in [-0.39, 0.29) is 5.02 Å². The Morgan fingerprint density at radius 1 is 1.11 bits per heavy atom. The Morgan fingerprint density at radius 3 is 2.61 bits per heavy atom. The van der Waals surface area contributed by atoms with Gasteiger partial charge in [-0.15, -0.1) is 11.8 Å². The van der Waals surface area contributed by atoms with Gasteiger partial charge in [-0.3, -0.25) is 0 Å². The molecule has 0 radical (unpaired) electrons. The van der Waals surface area contributed by atoms with Crippen molar-refractivity contribution in [1.29, 1.82) is 0 Å². The quantitative estimate of drug-likeness (QED) is 0.631. The lowest BCUT2D eigenvalue weighted by Gasteiger charge is -2.06. The van der Waals surface area contributed by atoms with Crippen LogP contribution in [0.4, 0.5) is 10.1 Å². The molecule has 2 aromatic rings. The summed E-state index contributed by atoms with van der Waals surface area (Å²) >= 11 is 7.38. The highest BCUT2D eigenvalue weighted by molar-refractivity contribution is 7.99. The van der Waals surface area contributed by atoms with Gasteiger partial charge in [0.2, 0.25) is 0 Å². The average molecular weight is 282 g/mol. The third-order valence-corrected chi connectivity index (χ3v) is 3.68. The number of thioether (sulfide) groups is 1. The third-order valence-electron chi connectivity index (χ3n) is 2.36. The first-order valence-electron chi connectivity index (χ1n) is 5.62. The molecular formula is C14H13ClFNS. The van der Waals surface area contributed by atoms with Crippen LogP contribution in [0.15, 0.2) is 53.4 Å². The Balaban J connectivity index is 1.77. The van der Waals surface area contributed by atoms with E-state index in [1.165, 1.54) is 11.0 Å². The number of benzene rings is 2. The van der Waals surface area contributed by atoms with E-state index in [1.807, 2.05) is 18.2 Å². The largest absolute Gasteiger partial charge is 0.384 e. The molecule has 0 saturated carbocycles. The zero-order valence-electron chi connectivity index (χ0n) is 9.70. The van der Waals surface area contributed by atoms with Gasteiger partial charge in [-0.25, -0.2) is 4.39 Å². The van der Waals surface area contributed by atoms with Gasteiger partial charge in [-0.2, -0.15) is 0 Å². The van der Waals surface area contributed by atoms with Crippen LogP contribution in [-0.2, 0) is 0 Å². The van der Waals surface area contributed by atoms with Crippen molar-refractivity contribution < 1.29 is 4.39 Å². The Morgan fingerprint density at radius 2 is 1.89 bits per heavy atom. The average Bonchev–Trinajstić information content (AvgIpc) is 2.40. The predicted molar refractivity (Wildman–Crippen MR) is 77.1 cm³/mol. The summed E-state index contributed by atoms with van der Waals surface area (Å²) < 4.78 is 13.2. The molecule has 0 amide bonds. The lowest BCUT2D eigenvalue weighted by Crippen LogP contribution is -2.04. The first-order valence-corrected chi connectivity index (χ1v) is 6.99. The fourth-order valence-electron chi connectivity index (χ4n) is 1.49. The van der Waals surface area contributed by atoms with Crippen molar-refractivity contribution in [1.82, 2.24) is 0 Å². The third kappa shape index (κ3) is 3.93. The zero-order chi connectivity index (χ0) is 12.8. The molecule has 1 nitrogen and oxygen atoms in total. The Kier molecular flexibility index (Phi) is 4.90. The predicted octanol–water partition coefficient (Wildman–Crippen LogP) is 4.68. The van der Waals surface area contributed by atoms with Gasteiger partial charge in [-0.05, 0) is 30.3 Å². The van der Waals surface area contributed by atoms with Gasteiger partial charge < -0.3 is 5.32 Å². The number of nitrogens with one attached hydrogen (secondary N) is 1. The maximum Gasteiger partial charge on any atom is 0.143 e. The van der Waals surface area contributed by atoms with Crippen LogP contribution < -0.4 is 5.32 Å². The molecule has 18 heavy (non-hydrogen) atoms. The molecule has 0 saturated heterocycles. The molecule has 0 aliphatic rings. The summed E-state index contributed by atoms with van der Waals surface area (Å²) in [7, 11) is 0. The van der Waals surface area contributed by atoms with Crippen molar-refractivity contribution in [3.8, 4) is 0 Å². The summed E-state index contributed by atoms with van der Waals surface area (Å²) in [4.78, 5) is 1.24. The van der Waals surface area contributed by atoms with E-state index in [1.54, 1.807) is 23.9 Å². The minimum absolute atomic E-state index is 0.152. The van der Waals surface area contributed by atoms with Crippen LogP contribution >= 0.6 is 23.4 Å². The van der Waals surface area contributed by atoms with Gasteiger partial charge in [0.25, 0.3) is 0 Å². The smallest absolute Gasteiger partial charge is 0.143 e. The lowest BCUT2D eigenvalue weighted by atomic mass is 10.3. The van der Waals surface area contributed by atoms with Crippen molar-refractivity contribution in [3.63, 3.8) is 0 Å². The van der Waals surface area contributed by atoms with Crippen LogP contribution in [0, 0.1) is 5.82 Å². The highest BCUT2D eigenvalue weighted by Gasteiger charge is 2.00. The molecular weight excluding hydrogens is 269 g/mol. The highest BCUT2D eigenvalue weighted by atomic mass is 35.5. The molecule has 0 aliphatic carbocycles. The van der Waals surface area contributed by atoms with Crippen molar-refractivity contribution in [2.75, 3.05) is 17.6 Å². The van der Waals surface area contributed by atoms with Gasteiger partial charge in [0.15, 0.2) is 0 Å². The topological polar surface area (TPSA) is 12.0 Å². The summed E-state index contributed by atoms with van der Waals surface area (Å²) in [5.74, 6) is 0.534. The van der Waals surface area contributed by atoms with Crippen LogP contribution in [0.3, 0.4) is 0 Å². The van der Waals surface area contributed by atoms with Crippen molar-refractivity contribution in [3.05, 3.63) is 59.4 Å². The summed E-state index contributed by atoms with van der Waals surface area (Å²) in [6.07, 6.45) is 0. The van der Waals surface area contributed by atoms with Crippen LogP contribution in [-0.4, -0.2) is 12.3 Å². The van der Waals surface area contributed by atoms with Crippen LogP contribution in [0.2, 0.25) is 5.02 Å². The van der Waals surface area contributed by atoms with E-state index in [0.717, 1.165) is 18.0 Å². The number of hydrogen-bond donors (Lipinski definition) is 1. The monoisotopic (exact) mass is 281 g/mol. The SMILES string of the molecule is Fc1cc(NCCSc2ccccc2)ccc1Cl. The number of anilines is 1.